The smallest absolute Gasteiger partial charge is 0.0197 e. The van der Waals surface area contributed by atoms with E-state index in [1.165, 1.54) is 35.5 Å². The molecular weight excluding hydrogens is 152 g/mol. The monoisotopic (exact) mass is 174 g/mol. The maximum absolute atomic E-state index is 2.30. The van der Waals surface area contributed by atoms with E-state index in [0.29, 0.717) is 9.52 Å². The first-order chi connectivity index (χ1) is 4.91. The molecule has 0 heterocycles. The normalized spacial score (nSPS) is 11.7. The van der Waals surface area contributed by atoms with Gasteiger partial charge in [-0.2, -0.15) is 0 Å². The Morgan fingerprint density at radius 3 is 2.40 bits per heavy atom. The van der Waals surface area contributed by atoms with Gasteiger partial charge in [0.2, 0.25) is 0 Å². The van der Waals surface area contributed by atoms with E-state index in [2.05, 4.69) is 6.92 Å². The van der Waals surface area contributed by atoms with Crippen LogP contribution in [0, 0.1) is 0 Å². The average Bonchev–Trinajstić information content (AvgIpc) is 1.97. The molecule has 0 saturated carbocycles. The maximum Gasteiger partial charge on any atom is 0.0197 e. The second-order valence-corrected chi connectivity index (χ2v) is 6.24. The molecule has 62 valence electrons. The fourth-order valence-corrected chi connectivity index (χ4v) is 3.62. The molecule has 0 aromatic rings. The summed E-state index contributed by atoms with van der Waals surface area (Å²) >= 11 is 0. The predicted octanol–water partition coefficient (Wildman–Crippen LogP) is 1.36. The number of hydrogen-bond acceptors (Lipinski definition) is 0. The SMILES string of the molecule is CCCC[SiH2]CCCC[SiH3]. The lowest BCUT2D eigenvalue weighted by molar-refractivity contribution is 0.851. The van der Waals surface area contributed by atoms with Gasteiger partial charge < -0.3 is 0 Å². The second kappa shape index (κ2) is 9.43. The van der Waals surface area contributed by atoms with Crippen LogP contribution >= 0.6 is 0 Å². The maximum atomic E-state index is 2.30. The fourth-order valence-electron chi connectivity index (χ4n) is 1.21. The molecule has 0 bridgehead atoms. The van der Waals surface area contributed by atoms with Crippen molar-refractivity contribution in [3.8, 4) is 0 Å². The molecule has 0 radical (unpaired) electrons. The van der Waals surface area contributed by atoms with Crippen LogP contribution in [0.3, 0.4) is 0 Å². The van der Waals surface area contributed by atoms with Crippen LogP contribution in [0.2, 0.25) is 18.1 Å². The van der Waals surface area contributed by atoms with E-state index in [0.717, 1.165) is 0 Å². The summed E-state index contributed by atoms with van der Waals surface area (Å²) in [7, 11) is 1.82. The van der Waals surface area contributed by atoms with E-state index in [4.69, 9.17) is 0 Å². The molecule has 0 N–H and O–H groups in total. The molecule has 0 spiro atoms. The van der Waals surface area contributed by atoms with Gasteiger partial charge in [-0.25, -0.2) is 0 Å². The van der Waals surface area contributed by atoms with Crippen LogP contribution in [-0.2, 0) is 0 Å². The van der Waals surface area contributed by atoms with Crippen molar-refractivity contribution in [3.05, 3.63) is 0 Å². The Hall–Kier alpha value is 0.434. The lowest BCUT2D eigenvalue weighted by Crippen LogP contribution is -1.88. The van der Waals surface area contributed by atoms with E-state index in [1.807, 2.05) is 0 Å². The minimum absolute atomic E-state index is 0.395. The Bertz CT molecular complexity index is 47.2. The Balaban J connectivity index is 2.65. The predicted molar refractivity (Wildman–Crippen MR) is 57.0 cm³/mol. The third-order valence-electron chi connectivity index (χ3n) is 1.96. The molecule has 0 nitrogen and oxygen atoms in total. The van der Waals surface area contributed by atoms with Gasteiger partial charge in [-0.05, 0) is 0 Å². The van der Waals surface area contributed by atoms with Crippen LogP contribution in [0.5, 0.6) is 0 Å². The molecule has 0 aliphatic rings. The highest BCUT2D eigenvalue weighted by Crippen LogP contribution is 2.02. The number of unbranched alkanes of at least 4 members (excludes halogenated alkanes) is 2. The summed E-state index contributed by atoms with van der Waals surface area (Å²) in [5.74, 6) is 0. The molecule has 0 aromatic heterocycles. The van der Waals surface area contributed by atoms with Crippen molar-refractivity contribution in [2.45, 2.75) is 50.7 Å². The van der Waals surface area contributed by atoms with Crippen molar-refractivity contribution in [3.63, 3.8) is 0 Å². The van der Waals surface area contributed by atoms with Crippen molar-refractivity contribution < 1.29 is 0 Å². The topological polar surface area (TPSA) is 0 Å². The van der Waals surface area contributed by atoms with Crippen LogP contribution < -0.4 is 0 Å². The highest BCUT2D eigenvalue weighted by Gasteiger charge is 1.88. The largest absolute Gasteiger partial charge is 0.0659 e. The van der Waals surface area contributed by atoms with Crippen LogP contribution in [0.25, 0.3) is 0 Å². The Morgan fingerprint density at radius 2 is 1.80 bits per heavy atom. The molecule has 0 atom stereocenters. The zero-order chi connectivity index (χ0) is 7.66. The van der Waals surface area contributed by atoms with Crippen LogP contribution in [0.15, 0.2) is 0 Å². The third-order valence-corrected chi connectivity index (χ3v) is 4.66. The highest BCUT2D eigenvalue weighted by atomic mass is 28.2. The summed E-state index contributed by atoms with van der Waals surface area (Å²) in [5.41, 5.74) is 0. The van der Waals surface area contributed by atoms with Gasteiger partial charge in [0.25, 0.3) is 0 Å². The zero-order valence-corrected chi connectivity index (χ0v) is 11.1. The van der Waals surface area contributed by atoms with Gasteiger partial charge in [-0.15, -0.1) is 0 Å². The van der Waals surface area contributed by atoms with Crippen LogP contribution in [0.1, 0.15) is 32.6 Å². The zero-order valence-electron chi connectivity index (χ0n) is 7.66. The van der Waals surface area contributed by atoms with E-state index < -0.39 is 0 Å². The van der Waals surface area contributed by atoms with E-state index in [1.54, 1.807) is 18.5 Å². The van der Waals surface area contributed by atoms with Crippen molar-refractivity contribution >= 4 is 19.8 Å². The molecule has 0 aromatic carbocycles. The van der Waals surface area contributed by atoms with Crippen LogP contribution in [0.4, 0.5) is 0 Å². The van der Waals surface area contributed by atoms with Crippen LogP contribution in [-0.4, -0.2) is 19.8 Å². The van der Waals surface area contributed by atoms with E-state index in [-0.39, 0.29) is 0 Å². The molecule has 0 aliphatic carbocycles. The summed E-state index contributed by atoms with van der Waals surface area (Å²) in [4.78, 5) is 0. The third kappa shape index (κ3) is 8.43. The molecule has 2 heteroatoms. The molecular formula is C8H22Si2. The van der Waals surface area contributed by atoms with Gasteiger partial charge in [0.1, 0.15) is 0 Å². The Labute approximate surface area is 71.0 Å². The quantitative estimate of drug-likeness (QED) is 0.404. The summed E-state index contributed by atoms with van der Waals surface area (Å²) in [6, 6.07) is 4.77. The van der Waals surface area contributed by atoms with Gasteiger partial charge in [0.05, 0.1) is 0 Å². The molecule has 0 unspecified atom stereocenters. The van der Waals surface area contributed by atoms with Gasteiger partial charge in [-0.1, -0.05) is 50.7 Å². The van der Waals surface area contributed by atoms with Crippen molar-refractivity contribution in [2.24, 2.45) is 0 Å². The Morgan fingerprint density at radius 1 is 1.10 bits per heavy atom. The number of hydrogen-bond donors (Lipinski definition) is 0. The first kappa shape index (κ1) is 10.4. The molecule has 0 fully saturated rings. The summed E-state index contributed by atoms with van der Waals surface area (Å²) < 4.78 is 0. The summed E-state index contributed by atoms with van der Waals surface area (Å²) in [6.07, 6.45) is 6.01. The molecule has 10 heavy (non-hydrogen) atoms. The molecule has 0 amide bonds. The first-order valence-corrected chi connectivity index (χ1v) is 8.33. The first-order valence-electron chi connectivity index (χ1n) is 4.91. The lowest BCUT2D eigenvalue weighted by Gasteiger charge is -1.96. The molecule has 0 aliphatic heterocycles. The lowest BCUT2D eigenvalue weighted by atomic mass is 10.4. The van der Waals surface area contributed by atoms with Gasteiger partial charge >= 0.3 is 0 Å². The standard InChI is InChI=1S/C8H22Si2/c1-2-3-7-10-8-5-4-6-9/h2-8,10H2,1,9H3. The molecule has 0 rings (SSSR count). The fraction of sp³-hybridized carbons (Fsp3) is 1.00. The van der Waals surface area contributed by atoms with Gasteiger partial charge in [-0.3, -0.25) is 0 Å². The number of rotatable bonds is 7. The molecule has 0 saturated heterocycles. The minimum Gasteiger partial charge on any atom is -0.0659 e. The second-order valence-electron chi connectivity index (χ2n) is 3.12. The van der Waals surface area contributed by atoms with Crippen molar-refractivity contribution in [2.75, 3.05) is 0 Å². The summed E-state index contributed by atoms with van der Waals surface area (Å²) in [6.45, 7) is 2.30. The Kier molecular flexibility index (Phi) is 9.84. The van der Waals surface area contributed by atoms with Crippen molar-refractivity contribution in [1.82, 2.24) is 0 Å². The van der Waals surface area contributed by atoms with Gasteiger partial charge in [0.15, 0.2) is 0 Å². The minimum atomic E-state index is 0.395. The van der Waals surface area contributed by atoms with Gasteiger partial charge in [0, 0.05) is 19.8 Å². The highest BCUT2D eigenvalue weighted by molar-refractivity contribution is 6.35. The van der Waals surface area contributed by atoms with Crippen molar-refractivity contribution in [1.29, 1.82) is 0 Å². The van der Waals surface area contributed by atoms with E-state index >= 15 is 0 Å². The van der Waals surface area contributed by atoms with E-state index in [9.17, 15) is 0 Å². The summed E-state index contributed by atoms with van der Waals surface area (Å²) in [5, 5.41) is 0. The average molecular weight is 174 g/mol.